The first kappa shape index (κ1) is 8.77. The van der Waals surface area contributed by atoms with Crippen molar-refractivity contribution in [2.24, 2.45) is 0 Å². The van der Waals surface area contributed by atoms with Gasteiger partial charge in [-0.3, -0.25) is 0 Å². The molecule has 0 spiro atoms. The number of hydrogen-bond donors (Lipinski definition) is 2. The Bertz CT molecular complexity index is 225. The van der Waals surface area contributed by atoms with Crippen LogP contribution in [-0.4, -0.2) is 25.8 Å². The van der Waals surface area contributed by atoms with Crippen LogP contribution in [0.25, 0.3) is 0 Å². The number of carbonyl (C=O) groups excluding carboxylic acids is 1. The monoisotopic (exact) mass is 168 g/mol. The molecule has 0 bridgehead atoms. The van der Waals surface area contributed by atoms with E-state index in [4.69, 9.17) is 5.41 Å². The van der Waals surface area contributed by atoms with Crippen LogP contribution in [0.2, 0.25) is 0 Å². The molecule has 1 heterocycles. The summed E-state index contributed by atoms with van der Waals surface area (Å²) >= 11 is 0. The van der Waals surface area contributed by atoms with Crippen molar-refractivity contribution in [2.75, 3.05) is 13.7 Å². The van der Waals surface area contributed by atoms with Gasteiger partial charge in [-0.1, -0.05) is 0 Å². The van der Waals surface area contributed by atoms with E-state index in [-0.39, 0.29) is 0 Å². The van der Waals surface area contributed by atoms with Crippen LogP contribution in [0.5, 0.6) is 0 Å². The van der Waals surface area contributed by atoms with Crippen molar-refractivity contribution in [1.82, 2.24) is 5.32 Å². The van der Waals surface area contributed by atoms with Crippen molar-refractivity contribution < 1.29 is 9.53 Å². The summed E-state index contributed by atoms with van der Waals surface area (Å²) < 4.78 is 4.53. The summed E-state index contributed by atoms with van der Waals surface area (Å²) in [5, 5.41) is 10.1. The third kappa shape index (κ3) is 1.64. The predicted octanol–water partition coefficient (Wildman–Crippen LogP) is 0.446. The molecule has 0 aromatic carbocycles. The maximum absolute atomic E-state index is 11.1. The minimum atomic E-state index is -0.436. The molecular formula is C8H12N2O2. The highest BCUT2D eigenvalue weighted by Crippen LogP contribution is 2.13. The van der Waals surface area contributed by atoms with Crippen LogP contribution in [0.4, 0.5) is 0 Å². The highest BCUT2D eigenvalue weighted by Gasteiger charge is 2.16. The molecule has 0 unspecified atom stereocenters. The molecule has 0 radical (unpaired) electrons. The van der Waals surface area contributed by atoms with E-state index in [1.165, 1.54) is 7.11 Å². The second-order valence-corrected chi connectivity index (χ2v) is 2.56. The molecule has 12 heavy (non-hydrogen) atoms. The Labute approximate surface area is 71.1 Å². The molecule has 66 valence electrons. The number of rotatable bonds is 2. The van der Waals surface area contributed by atoms with Crippen molar-refractivity contribution in [2.45, 2.75) is 12.8 Å². The fraction of sp³-hybridized carbons (Fsp3) is 0.500. The lowest BCUT2D eigenvalue weighted by molar-refractivity contribution is -0.135. The van der Waals surface area contributed by atoms with E-state index in [2.05, 4.69) is 10.1 Å². The summed E-state index contributed by atoms with van der Waals surface area (Å²) in [7, 11) is 1.32. The van der Waals surface area contributed by atoms with Gasteiger partial charge in [-0.15, -0.1) is 0 Å². The normalized spacial score (nSPS) is 19.8. The predicted molar refractivity (Wildman–Crippen MR) is 45.1 cm³/mol. The van der Waals surface area contributed by atoms with Gasteiger partial charge in [0.15, 0.2) is 0 Å². The van der Waals surface area contributed by atoms with Gasteiger partial charge in [0.05, 0.1) is 12.7 Å². The van der Waals surface area contributed by atoms with E-state index in [0.717, 1.165) is 31.3 Å². The average Bonchev–Trinajstić information content (AvgIpc) is 2.58. The van der Waals surface area contributed by atoms with E-state index in [1.54, 1.807) is 0 Å². The lowest BCUT2D eigenvalue weighted by Crippen LogP contribution is -2.14. The minimum absolute atomic E-state index is 0.343. The van der Waals surface area contributed by atoms with Crippen LogP contribution in [-0.2, 0) is 9.53 Å². The zero-order chi connectivity index (χ0) is 8.97. The van der Waals surface area contributed by atoms with Crippen molar-refractivity contribution in [1.29, 1.82) is 5.41 Å². The quantitative estimate of drug-likeness (QED) is 0.357. The molecule has 0 aliphatic carbocycles. The standard InChI is InChI=1S/C8H12N2O2/c1-12-8(11)6(5-9)7-3-2-4-10-7/h5,9-10H,2-4H2,1H3/b7-6+,9-5?. The van der Waals surface area contributed by atoms with Gasteiger partial charge in [-0.25, -0.2) is 4.79 Å². The number of allylic oxidation sites excluding steroid dienone is 1. The topological polar surface area (TPSA) is 62.2 Å². The van der Waals surface area contributed by atoms with E-state index < -0.39 is 5.97 Å². The highest BCUT2D eigenvalue weighted by atomic mass is 16.5. The van der Waals surface area contributed by atoms with Gasteiger partial charge < -0.3 is 15.5 Å². The van der Waals surface area contributed by atoms with Crippen LogP contribution in [0.3, 0.4) is 0 Å². The van der Waals surface area contributed by atoms with Crippen LogP contribution >= 0.6 is 0 Å². The lowest BCUT2D eigenvalue weighted by atomic mass is 10.2. The molecule has 0 atom stereocenters. The van der Waals surface area contributed by atoms with Gasteiger partial charge in [-0.05, 0) is 12.8 Å². The Morgan fingerprint density at radius 2 is 2.50 bits per heavy atom. The van der Waals surface area contributed by atoms with Crippen molar-refractivity contribution >= 4 is 12.2 Å². The molecule has 0 aromatic heterocycles. The summed E-state index contributed by atoms with van der Waals surface area (Å²) in [6, 6.07) is 0. The smallest absolute Gasteiger partial charge is 0.341 e. The molecule has 0 amide bonds. The second kappa shape index (κ2) is 3.90. The molecule has 1 fully saturated rings. The van der Waals surface area contributed by atoms with Crippen molar-refractivity contribution in [3.05, 3.63) is 11.3 Å². The first-order valence-electron chi connectivity index (χ1n) is 3.85. The van der Waals surface area contributed by atoms with E-state index >= 15 is 0 Å². The zero-order valence-electron chi connectivity index (χ0n) is 7.02. The molecule has 0 aromatic rings. The number of carbonyl (C=O) groups is 1. The second-order valence-electron chi connectivity index (χ2n) is 2.56. The Kier molecular flexibility index (Phi) is 2.85. The van der Waals surface area contributed by atoms with Gasteiger partial charge in [0.2, 0.25) is 0 Å². The van der Waals surface area contributed by atoms with E-state index in [1.807, 2.05) is 0 Å². The molecule has 1 rings (SSSR count). The van der Waals surface area contributed by atoms with Crippen LogP contribution in [0.15, 0.2) is 11.3 Å². The summed E-state index contributed by atoms with van der Waals surface area (Å²) in [5.74, 6) is -0.436. The average molecular weight is 168 g/mol. The Morgan fingerprint density at radius 1 is 1.75 bits per heavy atom. The highest BCUT2D eigenvalue weighted by molar-refractivity contribution is 6.09. The Hall–Kier alpha value is -1.32. The number of hydrogen-bond acceptors (Lipinski definition) is 4. The van der Waals surface area contributed by atoms with Crippen LogP contribution in [0.1, 0.15) is 12.8 Å². The van der Waals surface area contributed by atoms with Gasteiger partial charge in [0.25, 0.3) is 0 Å². The summed E-state index contributed by atoms with van der Waals surface area (Å²) in [6.07, 6.45) is 2.89. The van der Waals surface area contributed by atoms with E-state index in [0.29, 0.717) is 5.57 Å². The molecule has 0 saturated carbocycles. The third-order valence-electron chi connectivity index (χ3n) is 1.82. The fourth-order valence-electron chi connectivity index (χ4n) is 1.20. The summed E-state index contributed by atoms with van der Waals surface area (Å²) in [6.45, 7) is 0.879. The molecule has 2 N–H and O–H groups in total. The Balaban J connectivity index is 2.84. The van der Waals surface area contributed by atoms with Gasteiger partial charge >= 0.3 is 5.97 Å². The van der Waals surface area contributed by atoms with Crippen LogP contribution < -0.4 is 5.32 Å². The van der Waals surface area contributed by atoms with Gasteiger partial charge in [0.1, 0.15) is 0 Å². The number of nitrogens with one attached hydrogen (secondary N) is 2. The maximum atomic E-state index is 11.1. The first-order chi connectivity index (χ1) is 5.79. The molecule has 1 saturated heterocycles. The zero-order valence-corrected chi connectivity index (χ0v) is 7.02. The van der Waals surface area contributed by atoms with Crippen molar-refractivity contribution in [3.8, 4) is 0 Å². The molecule has 1 aliphatic heterocycles. The summed E-state index contributed by atoms with van der Waals surface area (Å²) in [4.78, 5) is 11.1. The Morgan fingerprint density at radius 3 is 2.92 bits per heavy atom. The molecule has 4 nitrogen and oxygen atoms in total. The summed E-state index contributed by atoms with van der Waals surface area (Å²) in [5.41, 5.74) is 1.17. The largest absolute Gasteiger partial charge is 0.465 e. The van der Waals surface area contributed by atoms with Gasteiger partial charge in [-0.2, -0.15) is 0 Å². The minimum Gasteiger partial charge on any atom is -0.465 e. The van der Waals surface area contributed by atoms with Crippen molar-refractivity contribution in [3.63, 3.8) is 0 Å². The third-order valence-corrected chi connectivity index (χ3v) is 1.82. The molecular weight excluding hydrogens is 156 g/mol. The number of ether oxygens (including phenoxy) is 1. The van der Waals surface area contributed by atoms with Crippen LogP contribution in [0, 0.1) is 5.41 Å². The van der Waals surface area contributed by atoms with E-state index in [9.17, 15) is 4.79 Å². The SMILES string of the molecule is COC(=O)/C(C=N)=C1\CCCN1. The van der Waals surface area contributed by atoms with Gasteiger partial charge in [0, 0.05) is 18.5 Å². The molecule has 4 heteroatoms. The fourth-order valence-corrected chi connectivity index (χ4v) is 1.20. The lowest BCUT2D eigenvalue weighted by Gasteiger charge is -2.03. The molecule has 1 aliphatic rings. The maximum Gasteiger partial charge on any atom is 0.341 e. The first-order valence-corrected chi connectivity index (χ1v) is 3.85. The number of methoxy groups -OCH3 is 1. The number of esters is 1.